The van der Waals surface area contributed by atoms with E-state index in [9.17, 15) is 4.79 Å². The Morgan fingerprint density at radius 1 is 1.47 bits per heavy atom. The van der Waals surface area contributed by atoms with Gasteiger partial charge in [-0.2, -0.15) is 0 Å². The van der Waals surface area contributed by atoms with Gasteiger partial charge in [0.1, 0.15) is 0 Å². The summed E-state index contributed by atoms with van der Waals surface area (Å²) in [6.07, 6.45) is 5.48. The van der Waals surface area contributed by atoms with Crippen LogP contribution in [0, 0.1) is 5.92 Å². The lowest BCUT2D eigenvalue weighted by Gasteiger charge is -2.29. The zero-order valence-electron chi connectivity index (χ0n) is 11.3. The van der Waals surface area contributed by atoms with E-state index in [0.717, 1.165) is 6.54 Å². The number of furan rings is 1. The molecule has 0 aromatic carbocycles. The van der Waals surface area contributed by atoms with Gasteiger partial charge in [-0.15, -0.1) is 0 Å². The lowest BCUT2D eigenvalue weighted by Crippen LogP contribution is -2.38. The second kappa shape index (κ2) is 7.10. The highest BCUT2D eigenvalue weighted by Gasteiger charge is 2.16. The number of rotatable bonds is 5. The Labute approximate surface area is 122 Å². The number of nitrogens with zero attached hydrogens (tertiary/aromatic N) is 1. The number of hydrogen-bond acceptors (Lipinski definition) is 3. The molecule has 1 fully saturated rings. The van der Waals surface area contributed by atoms with Crippen molar-refractivity contribution in [1.29, 1.82) is 0 Å². The van der Waals surface area contributed by atoms with Crippen LogP contribution in [0.15, 0.2) is 21.4 Å². The van der Waals surface area contributed by atoms with Crippen LogP contribution in [0.3, 0.4) is 0 Å². The number of carbonyl (C=O) groups excluding carboxylic acids is 1. The molecule has 19 heavy (non-hydrogen) atoms. The van der Waals surface area contributed by atoms with E-state index in [1.807, 2.05) is 0 Å². The van der Waals surface area contributed by atoms with Gasteiger partial charge in [0.25, 0.3) is 5.91 Å². The SMILES string of the molecule is CC(CNC(=O)c1ccoc1Br)CN1CCCCC1. The van der Waals surface area contributed by atoms with Gasteiger partial charge in [-0.05, 0) is 53.8 Å². The van der Waals surface area contributed by atoms with Crippen LogP contribution >= 0.6 is 15.9 Å². The van der Waals surface area contributed by atoms with Gasteiger partial charge >= 0.3 is 0 Å². The second-order valence-electron chi connectivity index (χ2n) is 5.28. The third-order valence-corrected chi connectivity index (χ3v) is 4.11. The second-order valence-corrected chi connectivity index (χ2v) is 6.00. The van der Waals surface area contributed by atoms with Crippen LogP contribution in [-0.2, 0) is 0 Å². The monoisotopic (exact) mass is 328 g/mol. The van der Waals surface area contributed by atoms with E-state index in [1.165, 1.54) is 38.6 Å². The van der Waals surface area contributed by atoms with E-state index in [1.54, 1.807) is 6.07 Å². The molecule has 1 aliphatic rings. The fourth-order valence-corrected chi connectivity index (χ4v) is 2.89. The van der Waals surface area contributed by atoms with Crippen molar-refractivity contribution < 1.29 is 9.21 Å². The maximum Gasteiger partial charge on any atom is 0.255 e. The Morgan fingerprint density at radius 2 is 2.21 bits per heavy atom. The molecule has 5 heteroatoms. The minimum atomic E-state index is -0.0777. The average Bonchev–Trinajstić information content (AvgIpc) is 2.83. The van der Waals surface area contributed by atoms with E-state index >= 15 is 0 Å². The fraction of sp³-hybridized carbons (Fsp3) is 0.643. The van der Waals surface area contributed by atoms with Gasteiger partial charge in [0.15, 0.2) is 4.67 Å². The van der Waals surface area contributed by atoms with Crippen molar-refractivity contribution in [2.45, 2.75) is 26.2 Å². The number of carbonyl (C=O) groups is 1. The van der Waals surface area contributed by atoms with E-state index in [2.05, 4.69) is 33.1 Å². The van der Waals surface area contributed by atoms with Crippen LogP contribution in [0.2, 0.25) is 0 Å². The predicted molar refractivity (Wildman–Crippen MR) is 78.2 cm³/mol. The first-order chi connectivity index (χ1) is 9.16. The van der Waals surface area contributed by atoms with E-state index in [-0.39, 0.29) is 5.91 Å². The summed E-state index contributed by atoms with van der Waals surface area (Å²) in [5, 5.41) is 2.96. The van der Waals surface area contributed by atoms with Crippen molar-refractivity contribution in [3.63, 3.8) is 0 Å². The number of halogens is 1. The largest absolute Gasteiger partial charge is 0.457 e. The lowest BCUT2D eigenvalue weighted by molar-refractivity contribution is 0.0941. The molecule has 1 N–H and O–H groups in total. The van der Waals surface area contributed by atoms with Crippen LogP contribution in [0.5, 0.6) is 0 Å². The molecular weight excluding hydrogens is 308 g/mol. The van der Waals surface area contributed by atoms with Crippen molar-refractivity contribution in [2.75, 3.05) is 26.2 Å². The zero-order chi connectivity index (χ0) is 13.7. The highest BCUT2D eigenvalue weighted by Crippen LogP contribution is 2.17. The van der Waals surface area contributed by atoms with Gasteiger partial charge in [0, 0.05) is 13.1 Å². The summed E-state index contributed by atoms with van der Waals surface area (Å²) in [7, 11) is 0. The molecule has 0 radical (unpaired) electrons. The number of amides is 1. The summed E-state index contributed by atoms with van der Waals surface area (Å²) in [5.41, 5.74) is 0.560. The first-order valence-corrected chi connectivity index (χ1v) is 7.69. The molecule has 2 heterocycles. The Hall–Kier alpha value is -0.810. The quantitative estimate of drug-likeness (QED) is 0.903. The Bertz CT molecular complexity index is 413. The Morgan fingerprint density at radius 3 is 2.84 bits per heavy atom. The normalized spacial score (nSPS) is 18.2. The summed E-state index contributed by atoms with van der Waals surface area (Å²) >= 11 is 3.22. The summed E-state index contributed by atoms with van der Waals surface area (Å²) < 4.78 is 5.56. The van der Waals surface area contributed by atoms with Gasteiger partial charge in [-0.3, -0.25) is 4.79 Å². The summed E-state index contributed by atoms with van der Waals surface area (Å²) in [4.78, 5) is 14.4. The molecule has 1 amide bonds. The molecule has 4 nitrogen and oxygen atoms in total. The first-order valence-electron chi connectivity index (χ1n) is 6.90. The molecule has 1 unspecified atom stereocenters. The van der Waals surface area contributed by atoms with Crippen molar-refractivity contribution in [3.05, 3.63) is 22.6 Å². The molecule has 0 spiro atoms. The number of nitrogens with one attached hydrogen (secondary N) is 1. The summed E-state index contributed by atoms with van der Waals surface area (Å²) in [6.45, 7) is 6.34. The minimum Gasteiger partial charge on any atom is -0.457 e. The molecule has 1 aliphatic heterocycles. The van der Waals surface area contributed by atoms with Crippen molar-refractivity contribution >= 4 is 21.8 Å². The van der Waals surface area contributed by atoms with Crippen LogP contribution in [0.1, 0.15) is 36.5 Å². The standard InChI is InChI=1S/C14H21BrN2O2/c1-11(10-17-6-3-2-4-7-17)9-16-14(18)12-5-8-19-13(12)15/h5,8,11H,2-4,6-7,9-10H2,1H3,(H,16,18). The van der Waals surface area contributed by atoms with E-state index in [0.29, 0.717) is 22.7 Å². The Balaban J connectivity index is 1.72. The first kappa shape index (κ1) is 14.6. The van der Waals surface area contributed by atoms with Crippen molar-refractivity contribution in [2.24, 2.45) is 5.92 Å². The smallest absolute Gasteiger partial charge is 0.255 e. The summed E-state index contributed by atoms with van der Waals surface area (Å²) in [5.74, 6) is 0.388. The maximum atomic E-state index is 11.9. The number of likely N-dealkylation sites (tertiary alicyclic amines) is 1. The molecule has 1 atom stereocenters. The molecule has 0 bridgehead atoms. The van der Waals surface area contributed by atoms with Crippen LogP contribution < -0.4 is 5.32 Å². The highest BCUT2D eigenvalue weighted by molar-refractivity contribution is 9.10. The zero-order valence-corrected chi connectivity index (χ0v) is 12.9. The van der Waals surface area contributed by atoms with Gasteiger partial charge in [0.05, 0.1) is 11.8 Å². The van der Waals surface area contributed by atoms with E-state index in [4.69, 9.17) is 4.42 Å². The van der Waals surface area contributed by atoms with Crippen molar-refractivity contribution in [1.82, 2.24) is 10.2 Å². The van der Waals surface area contributed by atoms with Gasteiger partial charge in [0.2, 0.25) is 0 Å². The molecule has 1 saturated heterocycles. The number of piperidine rings is 1. The summed E-state index contributed by atoms with van der Waals surface area (Å²) in [6, 6.07) is 1.68. The third-order valence-electron chi connectivity index (χ3n) is 3.49. The number of hydrogen-bond donors (Lipinski definition) is 1. The fourth-order valence-electron chi connectivity index (χ4n) is 2.47. The Kier molecular flexibility index (Phi) is 5.45. The third kappa shape index (κ3) is 4.35. The van der Waals surface area contributed by atoms with Gasteiger partial charge in [-0.25, -0.2) is 0 Å². The van der Waals surface area contributed by atoms with Gasteiger partial charge < -0.3 is 14.6 Å². The van der Waals surface area contributed by atoms with Crippen LogP contribution in [-0.4, -0.2) is 37.0 Å². The molecular formula is C14H21BrN2O2. The lowest BCUT2D eigenvalue weighted by atomic mass is 10.1. The van der Waals surface area contributed by atoms with E-state index < -0.39 is 0 Å². The van der Waals surface area contributed by atoms with Crippen LogP contribution in [0.25, 0.3) is 0 Å². The average molecular weight is 329 g/mol. The topological polar surface area (TPSA) is 45.5 Å². The molecule has 2 rings (SSSR count). The van der Waals surface area contributed by atoms with Crippen LogP contribution in [0.4, 0.5) is 0 Å². The van der Waals surface area contributed by atoms with Crippen molar-refractivity contribution in [3.8, 4) is 0 Å². The predicted octanol–water partition coefficient (Wildman–Crippen LogP) is 2.89. The molecule has 0 saturated carbocycles. The minimum absolute atomic E-state index is 0.0777. The van der Waals surface area contributed by atoms with Gasteiger partial charge in [-0.1, -0.05) is 13.3 Å². The molecule has 0 aliphatic carbocycles. The highest BCUT2D eigenvalue weighted by atomic mass is 79.9. The molecule has 1 aromatic rings. The maximum absolute atomic E-state index is 11.9. The molecule has 106 valence electrons. The molecule has 1 aromatic heterocycles.